The Balaban J connectivity index is 1.62. The van der Waals surface area contributed by atoms with Crippen molar-refractivity contribution in [2.45, 2.75) is 19.4 Å². The molecular formula is C17H17ClN2O2. The zero-order chi connectivity index (χ0) is 15.5. The molecule has 0 aliphatic carbocycles. The molecule has 3 rings (SSSR count). The summed E-state index contributed by atoms with van der Waals surface area (Å²) in [5.74, 6) is 0.895. The second-order valence-corrected chi connectivity index (χ2v) is 5.81. The van der Waals surface area contributed by atoms with Crippen LogP contribution >= 0.6 is 11.6 Å². The van der Waals surface area contributed by atoms with Crippen molar-refractivity contribution in [1.82, 2.24) is 5.32 Å². The van der Waals surface area contributed by atoms with E-state index < -0.39 is 0 Å². The Morgan fingerprint density at radius 1 is 1.27 bits per heavy atom. The number of carbonyl (C=O) groups is 1. The van der Waals surface area contributed by atoms with Gasteiger partial charge in [0.25, 0.3) is 0 Å². The number of benzene rings is 2. The van der Waals surface area contributed by atoms with Gasteiger partial charge in [0.1, 0.15) is 12.4 Å². The average molecular weight is 317 g/mol. The van der Waals surface area contributed by atoms with Crippen LogP contribution in [0.1, 0.15) is 11.1 Å². The van der Waals surface area contributed by atoms with Crippen LogP contribution in [0.2, 0.25) is 5.02 Å². The average Bonchev–Trinajstić information content (AvgIpc) is 2.51. The standard InChI is InChI=1S/C17H17ClN2O2/c1-11-6-7-13(18)9-15(11)20-17(21)19-14-8-12-4-2-3-5-16(12)22-10-14/h2-7,9,14H,8,10H2,1H3,(H2,19,20,21)/t14-/m0/s1. The third-order valence-corrected chi connectivity index (χ3v) is 3.90. The van der Waals surface area contributed by atoms with E-state index >= 15 is 0 Å². The van der Waals surface area contributed by atoms with Crippen molar-refractivity contribution in [2.24, 2.45) is 0 Å². The van der Waals surface area contributed by atoms with Crippen LogP contribution in [0.4, 0.5) is 10.5 Å². The first-order chi connectivity index (χ1) is 10.6. The number of hydrogen-bond donors (Lipinski definition) is 2. The zero-order valence-electron chi connectivity index (χ0n) is 12.2. The van der Waals surface area contributed by atoms with E-state index in [0.29, 0.717) is 17.3 Å². The number of hydrogen-bond acceptors (Lipinski definition) is 2. The van der Waals surface area contributed by atoms with Gasteiger partial charge in [-0.25, -0.2) is 4.79 Å². The summed E-state index contributed by atoms with van der Waals surface area (Å²) >= 11 is 5.96. The molecule has 2 N–H and O–H groups in total. The van der Waals surface area contributed by atoms with Gasteiger partial charge in [-0.1, -0.05) is 35.9 Å². The molecule has 5 heteroatoms. The van der Waals surface area contributed by atoms with Crippen LogP contribution in [0.3, 0.4) is 0 Å². The zero-order valence-corrected chi connectivity index (χ0v) is 13.0. The lowest BCUT2D eigenvalue weighted by atomic mass is 10.0. The van der Waals surface area contributed by atoms with Gasteiger partial charge >= 0.3 is 6.03 Å². The lowest BCUT2D eigenvalue weighted by Crippen LogP contribution is -2.44. The van der Waals surface area contributed by atoms with Crippen molar-refractivity contribution in [3.05, 3.63) is 58.6 Å². The highest BCUT2D eigenvalue weighted by molar-refractivity contribution is 6.31. The van der Waals surface area contributed by atoms with E-state index in [1.165, 1.54) is 0 Å². The summed E-state index contributed by atoms with van der Waals surface area (Å²) in [6.45, 7) is 2.39. The van der Waals surface area contributed by atoms with Gasteiger partial charge in [-0.05, 0) is 42.7 Å². The van der Waals surface area contributed by atoms with Crippen molar-refractivity contribution in [1.29, 1.82) is 0 Å². The molecule has 4 nitrogen and oxygen atoms in total. The molecule has 2 amide bonds. The van der Waals surface area contributed by atoms with Gasteiger partial charge < -0.3 is 15.4 Å². The van der Waals surface area contributed by atoms with Gasteiger partial charge in [0.2, 0.25) is 0 Å². The third-order valence-electron chi connectivity index (χ3n) is 3.66. The SMILES string of the molecule is Cc1ccc(Cl)cc1NC(=O)N[C@@H]1COc2ccccc2C1. The summed E-state index contributed by atoms with van der Waals surface area (Å²) in [7, 11) is 0. The van der Waals surface area contributed by atoms with E-state index in [1.807, 2.05) is 37.3 Å². The maximum atomic E-state index is 12.1. The smallest absolute Gasteiger partial charge is 0.319 e. The van der Waals surface area contributed by atoms with Gasteiger partial charge in [0, 0.05) is 10.7 Å². The van der Waals surface area contributed by atoms with E-state index in [0.717, 1.165) is 23.3 Å². The molecule has 0 unspecified atom stereocenters. The van der Waals surface area contributed by atoms with Crippen LogP contribution in [0.5, 0.6) is 5.75 Å². The number of aryl methyl sites for hydroxylation is 1. The number of carbonyl (C=O) groups excluding carboxylic acids is 1. The summed E-state index contributed by atoms with van der Waals surface area (Å²) in [5, 5.41) is 6.36. The molecule has 2 aromatic carbocycles. The molecule has 0 aromatic heterocycles. The van der Waals surface area contributed by atoms with Gasteiger partial charge in [0.05, 0.1) is 6.04 Å². The number of halogens is 1. The normalized spacial score (nSPS) is 16.4. The molecule has 1 aliphatic rings. The lowest BCUT2D eigenvalue weighted by Gasteiger charge is -2.26. The predicted octanol–water partition coefficient (Wildman–Crippen LogP) is 3.77. The van der Waals surface area contributed by atoms with Gasteiger partial charge in [-0.2, -0.15) is 0 Å². The number of anilines is 1. The fourth-order valence-corrected chi connectivity index (χ4v) is 2.67. The molecule has 1 heterocycles. The van der Waals surface area contributed by atoms with Gasteiger partial charge in [0.15, 0.2) is 0 Å². The van der Waals surface area contributed by atoms with Crippen LogP contribution in [0, 0.1) is 6.92 Å². The van der Waals surface area contributed by atoms with Crippen LogP contribution in [-0.2, 0) is 6.42 Å². The fraction of sp³-hybridized carbons (Fsp3) is 0.235. The number of para-hydroxylation sites is 1. The Morgan fingerprint density at radius 2 is 2.09 bits per heavy atom. The van der Waals surface area contributed by atoms with Crippen molar-refractivity contribution in [3.63, 3.8) is 0 Å². The molecule has 2 aromatic rings. The van der Waals surface area contributed by atoms with E-state index in [9.17, 15) is 4.79 Å². The molecule has 0 radical (unpaired) electrons. The molecule has 0 spiro atoms. The first-order valence-corrected chi connectivity index (χ1v) is 7.54. The van der Waals surface area contributed by atoms with E-state index in [4.69, 9.17) is 16.3 Å². The number of fused-ring (bicyclic) bond motifs is 1. The summed E-state index contributed by atoms with van der Waals surface area (Å²) in [6, 6.07) is 13.0. The maximum Gasteiger partial charge on any atom is 0.319 e. The molecule has 114 valence electrons. The number of urea groups is 1. The summed E-state index contributed by atoms with van der Waals surface area (Å²) in [5.41, 5.74) is 2.78. The molecule has 0 saturated heterocycles. The van der Waals surface area contributed by atoms with Gasteiger partial charge in [-0.3, -0.25) is 0 Å². The molecule has 1 atom stereocenters. The Bertz CT molecular complexity index is 703. The Kier molecular flexibility index (Phi) is 4.20. The highest BCUT2D eigenvalue weighted by Gasteiger charge is 2.21. The van der Waals surface area contributed by atoms with Crippen molar-refractivity contribution in [2.75, 3.05) is 11.9 Å². The lowest BCUT2D eigenvalue weighted by molar-refractivity contribution is 0.222. The Hall–Kier alpha value is -2.20. The Morgan fingerprint density at radius 3 is 2.95 bits per heavy atom. The molecule has 0 bridgehead atoms. The van der Waals surface area contributed by atoms with E-state index in [1.54, 1.807) is 12.1 Å². The molecule has 0 saturated carbocycles. The Labute approximate surface area is 134 Å². The summed E-state index contributed by atoms with van der Waals surface area (Å²) < 4.78 is 5.67. The first-order valence-electron chi connectivity index (χ1n) is 7.16. The topological polar surface area (TPSA) is 50.4 Å². The number of rotatable bonds is 2. The number of amides is 2. The summed E-state index contributed by atoms with van der Waals surface area (Å²) in [4.78, 5) is 12.1. The third kappa shape index (κ3) is 3.34. The van der Waals surface area contributed by atoms with Crippen LogP contribution in [0.15, 0.2) is 42.5 Å². The van der Waals surface area contributed by atoms with Crippen LogP contribution in [0.25, 0.3) is 0 Å². The molecule has 22 heavy (non-hydrogen) atoms. The molecule has 1 aliphatic heterocycles. The minimum absolute atomic E-state index is 0.0469. The van der Waals surface area contributed by atoms with E-state index in [2.05, 4.69) is 10.6 Å². The second-order valence-electron chi connectivity index (χ2n) is 5.38. The minimum atomic E-state index is -0.252. The van der Waals surface area contributed by atoms with Crippen LogP contribution in [-0.4, -0.2) is 18.7 Å². The van der Waals surface area contributed by atoms with Gasteiger partial charge in [-0.15, -0.1) is 0 Å². The minimum Gasteiger partial charge on any atom is -0.491 e. The monoisotopic (exact) mass is 316 g/mol. The number of nitrogens with one attached hydrogen (secondary N) is 2. The molecular weight excluding hydrogens is 300 g/mol. The maximum absolute atomic E-state index is 12.1. The largest absolute Gasteiger partial charge is 0.491 e. The van der Waals surface area contributed by atoms with Crippen molar-refractivity contribution in [3.8, 4) is 5.75 Å². The fourth-order valence-electron chi connectivity index (χ4n) is 2.49. The second kappa shape index (κ2) is 6.28. The summed E-state index contributed by atoms with van der Waals surface area (Å²) in [6.07, 6.45) is 0.762. The number of ether oxygens (including phenoxy) is 1. The van der Waals surface area contributed by atoms with Crippen LogP contribution < -0.4 is 15.4 Å². The van der Waals surface area contributed by atoms with Crippen molar-refractivity contribution >= 4 is 23.3 Å². The van der Waals surface area contributed by atoms with Crippen molar-refractivity contribution < 1.29 is 9.53 Å². The first kappa shape index (κ1) is 14.7. The highest BCUT2D eigenvalue weighted by Crippen LogP contribution is 2.24. The molecule has 0 fully saturated rings. The quantitative estimate of drug-likeness (QED) is 0.886. The predicted molar refractivity (Wildman–Crippen MR) is 87.8 cm³/mol. The highest BCUT2D eigenvalue weighted by atomic mass is 35.5. The van der Waals surface area contributed by atoms with E-state index in [-0.39, 0.29) is 12.1 Å².